The van der Waals surface area contributed by atoms with Crippen molar-refractivity contribution in [2.24, 2.45) is 0 Å². The quantitative estimate of drug-likeness (QED) is 0.323. The van der Waals surface area contributed by atoms with Crippen molar-refractivity contribution in [1.29, 1.82) is 0 Å². The van der Waals surface area contributed by atoms with E-state index in [2.05, 4.69) is 0 Å². The van der Waals surface area contributed by atoms with Gasteiger partial charge in [0.1, 0.15) is 0 Å². The molecule has 0 heterocycles. The molecule has 7 N–H and O–H groups in total. The summed E-state index contributed by atoms with van der Waals surface area (Å²) in [5.74, 6) is -1.03. The van der Waals surface area contributed by atoms with Crippen LogP contribution >= 0.6 is 15.2 Å². The van der Waals surface area contributed by atoms with Gasteiger partial charge in [-0.05, 0) is 24.3 Å². The zero-order valence-corrected chi connectivity index (χ0v) is 11.2. The van der Waals surface area contributed by atoms with E-state index in [1.807, 2.05) is 0 Å². The first kappa shape index (κ1) is 15.8. The Hall–Kier alpha value is -1.21. The van der Waals surface area contributed by atoms with Crippen molar-refractivity contribution in [2.45, 2.75) is 5.52 Å². The molecule has 0 aromatic heterocycles. The SMILES string of the molecule is Nc1ccc(C(=O)NC(P(=O)(O)O)P(=O)(O)O)cc1. The first-order chi connectivity index (χ1) is 8.51. The summed E-state index contributed by atoms with van der Waals surface area (Å²) in [5, 5.41) is 1.63. The number of rotatable bonds is 4. The molecule has 106 valence electrons. The second-order valence-electron chi connectivity index (χ2n) is 3.65. The molecule has 0 aliphatic rings. The molecule has 9 nitrogen and oxygen atoms in total. The van der Waals surface area contributed by atoms with Crippen LogP contribution in [0.2, 0.25) is 0 Å². The minimum atomic E-state index is -5.20. The third-order valence-corrected chi connectivity index (χ3v) is 5.41. The minimum Gasteiger partial charge on any atom is -0.399 e. The van der Waals surface area contributed by atoms with E-state index in [0.29, 0.717) is 5.69 Å². The Balaban J connectivity index is 2.99. The van der Waals surface area contributed by atoms with Crippen LogP contribution < -0.4 is 11.1 Å². The first-order valence-corrected chi connectivity index (χ1v) is 8.15. The third kappa shape index (κ3) is 4.43. The average molecular weight is 310 g/mol. The van der Waals surface area contributed by atoms with Crippen LogP contribution in [0.5, 0.6) is 0 Å². The number of hydrogen-bond acceptors (Lipinski definition) is 4. The summed E-state index contributed by atoms with van der Waals surface area (Å²) in [6, 6.07) is 5.22. The Bertz CT molecular complexity index is 539. The van der Waals surface area contributed by atoms with Crippen LogP contribution in [0.3, 0.4) is 0 Å². The van der Waals surface area contributed by atoms with Gasteiger partial charge in [-0.2, -0.15) is 0 Å². The molecule has 0 radical (unpaired) electrons. The Kier molecular flexibility index (Phi) is 4.52. The van der Waals surface area contributed by atoms with Crippen molar-refractivity contribution in [1.82, 2.24) is 5.32 Å². The van der Waals surface area contributed by atoms with Gasteiger partial charge < -0.3 is 30.6 Å². The van der Waals surface area contributed by atoms with Crippen LogP contribution in [0.1, 0.15) is 10.4 Å². The first-order valence-electron chi connectivity index (χ1n) is 4.78. The fourth-order valence-electron chi connectivity index (χ4n) is 1.20. The number of hydrogen-bond donors (Lipinski definition) is 6. The predicted molar refractivity (Wildman–Crippen MR) is 66.2 cm³/mol. The number of carbonyl (C=O) groups is 1. The Morgan fingerprint density at radius 3 is 1.84 bits per heavy atom. The number of benzene rings is 1. The van der Waals surface area contributed by atoms with E-state index < -0.39 is 26.6 Å². The molecule has 0 spiro atoms. The Morgan fingerprint density at radius 2 is 1.47 bits per heavy atom. The van der Waals surface area contributed by atoms with E-state index >= 15 is 0 Å². The van der Waals surface area contributed by atoms with Gasteiger partial charge in [-0.15, -0.1) is 0 Å². The largest absolute Gasteiger partial charge is 0.399 e. The molecule has 1 amide bonds. The molecule has 1 aromatic rings. The van der Waals surface area contributed by atoms with E-state index in [-0.39, 0.29) is 5.56 Å². The molecule has 0 fully saturated rings. The van der Waals surface area contributed by atoms with E-state index in [9.17, 15) is 13.9 Å². The lowest BCUT2D eigenvalue weighted by Gasteiger charge is -2.20. The van der Waals surface area contributed by atoms with Crippen molar-refractivity contribution in [3.8, 4) is 0 Å². The van der Waals surface area contributed by atoms with Gasteiger partial charge in [0.2, 0.25) is 5.52 Å². The second kappa shape index (κ2) is 5.42. The van der Waals surface area contributed by atoms with Gasteiger partial charge >= 0.3 is 15.2 Å². The van der Waals surface area contributed by atoms with Gasteiger partial charge in [-0.3, -0.25) is 13.9 Å². The molecule has 1 rings (SSSR count). The fourth-order valence-corrected chi connectivity index (χ4v) is 3.34. The number of nitrogens with two attached hydrogens (primary N) is 1. The standard InChI is InChI=1S/C8H12N2O7P2/c9-6-3-1-5(2-4-6)7(11)10-8(18(12,13)14)19(15,16)17/h1-4,8H,9H2,(H,10,11)(H2,12,13,14)(H2,15,16,17). The molecule has 1 aromatic carbocycles. The molecule has 0 saturated carbocycles. The highest BCUT2D eigenvalue weighted by Gasteiger charge is 2.44. The number of nitrogens with one attached hydrogen (secondary N) is 1. The van der Waals surface area contributed by atoms with Crippen molar-refractivity contribution in [3.63, 3.8) is 0 Å². The number of nitrogen functional groups attached to an aromatic ring is 1. The van der Waals surface area contributed by atoms with Crippen molar-refractivity contribution >= 4 is 26.8 Å². The molecule has 0 bridgehead atoms. The van der Waals surface area contributed by atoms with Gasteiger partial charge in [-0.1, -0.05) is 0 Å². The molecule has 19 heavy (non-hydrogen) atoms. The summed E-state index contributed by atoms with van der Waals surface area (Å²) in [6.07, 6.45) is 0. The average Bonchev–Trinajstić information content (AvgIpc) is 2.23. The normalized spacial score (nSPS) is 12.5. The summed E-state index contributed by atoms with van der Waals surface area (Å²) >= 11 is 0. The van der Waals surface area contributed by atoms with Gasteiger partial charge in [0.25, 0.3) is 5.91 Å². The monoisotopic (exact) mass is 310 g/mol. The molecule has 0 atom stereocenters. The lowest BCUT2D eigenvalue weighted by atomic mass is 10.2. The maximum absolute atomic E-state index is 11.6. The number of carbonyl (C=O) groups excluding carboxylic acids is 1. The van der Waals surface area contributed by atoms with Crippen LogP contribution in [0, 0.1) is 0 Å². The number of anilines is 1. The van der Waals surface area contributed by atoms with Crippen molar-refractivity contribution < 1.29 is 33.5 Å². The van der Waals surface area contributed by atoms with E-state index in [1.165, 1.54) is 24.3 Å². The molecule has 0 aliphatic carbocycles. The molecular formula is C8H12N2O7P2. The molecule has 0 unspecified atom stereocenters. The molecule has 0 aliphatic heterocycles. The van der Waals surface area contributed by atoms with Gasteiger partial charge in [0, 0.05) is 11.3 Å². The Morgan fingerprint density at radius 1 is 1.05 bits per heavy atom. The highest BCUT2D eigenvalue weighted by molar-refractivity contribution is 7.70. The summed E-state index contributed by atoms with van der Waals surface area (Å²) in [5.41, 5.74) is 3.13. The van der Waals surface area contributed by atoms with Crippen LogP contribution in [-0.4, -0.2) is 31.0 Å². The predicted octanol–water partition coefficient (Wildman–Crippen LogP) is -0.362. The third-order valence-electron chi connectivity index (χ3n) is 2.07. The summed E-state index contributed by atoms with van der Waals surface area (Å²) in [6.45, 7) is 0. The highest BCUT2D eigenvalue weighted by atomic mass is 31.2. The lowest BCUT2D eigenvalue weighted by molar-refractivity contribution is 0.0948. The summed E-state index contributed by atoms with van der Waals surface area (Å²) in [7, 11) is -10.4. The van der Waals surface area contributed by atoms with Crippen molar-refractivity contribution in [3.05, 3.63) is 29.8 Å². The lowest BCUT2D eigenvalue weighted by Crippen LogP contribution is -2.34. The minimum absolute atomic E-state index is 0.0406. The second-order valence-corrected chi connectivity index (χ2v) is 7.44. The van der Waals surface area contributed by atoms with Crippen LogP contribution in [0.4, 0.5) is 5.69 Å². The van der Waals surface area contributed by atoms with E-state index in [0.717, 1.165) is 0 Å². The topological polar surface area (TPSA) is 170 Å². The zero-order valence-electron chi connectivity index (χ0n) is 9.37. The molecular weight excluding hydrogens is 298 g/mol. The smallest absolute Gasteiger partial charge is 0.360 e. The van der Waals surface area contributed by atoms with Crippen LogP contribution in [0.25, 0.3) is 0 Å². The molecule has 0 saturated heterocycles. The van der Waals surface area contributed by atoms with Crippen LogP contribution in [0.15, 0.2) is 24.3 Å². The van der Waals surface area contributed by atoms with Crippen molar-refractivity contribution in [2.75, 3.05) is 5.73 Å². The summed E-state index contributed by atoms with van der Waals surface area (Å²) < 4.78 is 21.9. The zero-order chi connectivity index (χ0) is 14.8. The highest BCUT2D eigenvalue weighted by Crippen LogP contribution is 2.58. The fraction of sp³-hybridized carbons (Fsp3) is 0.125. The van der Waals surface area contributed by atoms with Gasteiger partial charge in [0.15, 0.2) is 0 Å². The van der Waals surface area contributed by atoms with E-state index in [4.69, 9.17) is 25.3 Å². The molecule has 11 heteroatoms. The van der Waals surface area contributed by atoms with Crippen LogP contribution in [-0.2, 0) is 9.13 Å². The van der Waals surface area contributed by atoms with E-state index in [1.54, 1.807) is 5.32 Å². The van der Waals surface area contributed by atoms with Gasteiger partial charge in [0.05, 0.1) is 0 Å². The Labute approximate surface area is 107 Å². The van der Waals surface area contributed by atoms with Gasteiger partial charge in [-0.25, -0.2) is 0 Å². The summed E-state index contributed by atoms with van der Waals surface area (Å²) in [4.78, 5) is 47.0. The maximum Gasteiger partial charge on any atom is 0.360 e. The number of amides is 1. The maximum atomic E-state index is 11.6.